The highest BCUT2D eigenvalue weighted by molar-refractivity contribution is 5.76. The van der Waals surface area contributed by atoms with E-state index in [-0.39, 0.29) is 17.4 Å². The van der Waals surface area contributed by atoms with Crippen LogP contribution in [-0.4, -0.2) is 18.5 Å². The maximum absolute atomic E-state index is 11.6. The molecule has 0 saturated carbocycles. The number of amides is 1. The molecule has 1 heterocycles. The molecule has 4 heteroatoms. The van der Waals surface area contributed by atoms with Crippen molar-refractivity contribution < 1.29 is 9.21 Å². The molecule has 1 aromatic heterocycles. The van der Waals surface area contributed by atoms with E-state index in [1.807, 2.05) is 26.0 Å². The smallest absolute Gasteiger partial charge is 0.220 e. The van der Waals surface area contributed by atoms with Crippen molar-refractivity contribution in [2.24, 2.45) is 5.73 Å². The molecule has 0 radical (unpaired) electrons. The van der Waals surface area contributed by atoms with Crippen molar-refractivity contribution in [2.45, 2.75) is 52.0 Å². The van der Waals surface area contributed by atoms with E-state index in [9.17, 15) is 4.79 Å². The summed E-state index contributed by atoms with van der Waals surface area (Å²) in [6, 6.07) is 3.97. The van der Waals surface area contributed by atoms with Gasteiger partial charge in [0, 0.05) is 24.4 Å². The van der Waals surface area contributed by atoms with E-state index >= 15 is 0 Å². The Hall–Kier alpha value is -1.29. The predicted octanol–water partition coefficient (Wildman–Crippen LogP) is 2.11. The number of carbonyl (C=O) groups is 1. The van der Waals surface area contributed by atoms with Crippen molar-refractivity contribution >= 4 is 5.91 Å². The average molecular weight is 252 g/mol. The summed E-state index contributed by atoms with van der Waals surface area (Å²) < 4.78 is 5.61. The van der Waals surface area contributed by atoms with Gasteiger partial charge >= 0.3 is 0 Å². The SMILES string of the molecule is Cc1ccc(C(C)(C)CNC(=O)CCC(C)N)o1. The van der Waals surface area contributed by atoms with Crippen molar-refractivity contribution in [1.29, 1.82) is 0 Å². The van der Waals surface area contributed by atoms with Gasteiger partial charge in [0.25, 0.3) is 0 Å². The fourth-order valence-electron chi connectivity index (χ4n) is 1.65. The van der Waals surface area contributed by atoms with Crippen LogP contribution in [0.1, 0.15) is 45.1 Å². The largest absolute Gasteiger partial charge is 0.466 e. The first-order valence-electron chi connectivity index (χ1n) is 6.40. The Bertz CT molecular complexity index is 394. The third-order valence-corrected chi connectivity index (χ3v) is 2.96. The van der Waals surface area contributed by atoms with Crippen LogP contribution >= 0.6 is 0 Å². The number of hydrogen-bond acceptors (Lipinski definition) is 3. The first kappa shape index (κ1) is 14.8. The van der Waals surface area contributed by atoms with Crippen LogP contribution in [0.15, 0.2) is 16.5 Å². The third-order valence-electron chi connectivity index (χ3n) is 2.96. The lowest BCUT2D eigenvalue weighted by Gasteiger charge is -2.22. The fraction of sp³-hybridized carbons (Fsp3) is 0.643. The maximum atomic E-state index is 11.6. The first-order valence-corrected chi connectivity index (χ1v) is 6.40. The normalized spacial score (nSPS) is 13.4. The quantitative estimate of drug-likeness (QED) is 0.814. The van der Waals surface area contributed by atoms with E-state index in [1.54, 1.807) is 0 Å². The van der Waals surface area contributed by atoms with Crippen LogP contribution in [0.5, 0.6) is 0 Å². The Morgan fingerprint density at radius 3 is 2.67 bits per heavy atom. The second-order valence-electron chi connectivity index (χ2n) is 5.59. The van der Waals surface area contributed by atoms with Crippen molar-refractivity contribution in [1.82, 2.24) is 5.32 Å². The van der Waals surface area contributed by atoms with Gasteiger partial charge < -0.3 is 15.5 Å². The lowest BCUT2D eigenvalue weighted by atomic mass is 9.90. The molecule has 0 aliphatic carbocycles. The highest BCUT2D eigenvalue weighted by atomic mass is 16.3. The Kier molecular flexibility index (Phi) is 4.96. The standard InChI is InChI=1S/C14H24N2O2/c1-10(15)5-8-13(17)16-9-14(3,4)12-7-6-11(2)18-12/h6-7,10H,5,8-9,15H2,1-4H3,(H,16,17). The number of nitrogens with two attached hydrogens (primary N) is 1. The van der Waals surface area contributed by atoms with E-state index in [1.165, 1.54) is 0 Å². The van der Waals surface area contributed by atoms with Crippen molar-refractivity contribution in [3.8, 4) is 0 Å². The number of nitrogens with one attached hydrogen (secondary N) is 1. The van der Waals surface area contributed by atoms with Crippen LogP contribution in [0.2, 0.25) is 0 Å². The number of furan rings is 1. The highest BCUT2D eigenvalue weighted by Gasteiger charge is 2.24. The molecule has 0 saturated heterocycles. The highest BCUT2D eigenvalue weighted by Crippen LogP contribution is 2.24. The van der Waals surface area contributed by atoms with Gasteiger partial charge in [0.1, 0.15) is 11.5 Å². The molecule has 0 bridgehead atoms. The van der Waals surface area contributed by atoms with Crippen molar-refractivity contribution in [3.05, 3.63) is 23.7 Å². The first-order chi connectivity index (χ1) is 8.31. The van der Waals surface area contributed by atoms with E-state index < -0.39 is 0 Å². The van der Waals surface area contributed by atoms with Crippen LogP contribution in [-0.2, 0) is 10.2 Å². The van der Waals surface area contributed by atoms with Gasteiger partial charge in [-0.3, -0.25) is 4.79 Å². The minimum atomic E-state index is -0.196. The minimum Gasteiger partial charge on any atom is -0.466 e. The van der Waals surface area contributed by atoms with E-state index in [4.69, 9.17) is 10.2 Å². The van der Waals surface area contributed by atoms with Crippen LogP contribution in [0.4, 0.5) is 0 Å². The summed E-state index contributed by atoms with van der Waals surface area (Å²) in [5, 5.41) is 2.93. The van der Waals surface area contributed by atoms with Gasteiger partial charge in [-0.25, -0.2) is 0 Å². The fourth-order valence-corrected chi connectivity index (χ4v) is 1.65. The topological polar surface area (TPSA) is 68.3 Å². The van der Waals surface area contributed by atoms with Gasteiger partial charge in [-0.2, -0.15) is 0 Å². The van der Waals surface area contributed by atoms with Gasteiger partial charge in [-0.1, -0.05) is 13.8 Å². The lowest BCUT2D eigenvalue weighted by Crippen LogP contribution is -2.36. The molecule has 102 valence electrons. The molecule has 0 spiro atoms. The summed E-state index contributed by atoms with van der Waals surface area (Å²) in [5.41, 5.74) is 5.43. The molecule has 0 aromatic carbocycles. The molecule has 18 heavy (non-hydrogen) atoms. The van der Waals surface area contributed by atoms with Crippen LogP contribution in [0.25, 0.3) is 0 Å². The molecule has 0 aliphatic rings. The summed E-state index contributed by atoms with van der Waals surface area (Å²) in [5.74, 6) is 1.83. The Morgan fingerprint density at radius 1 is 1.50 bits per heavy atom. The molecule has 1 amide bonds. The van der Waals surface area contributed by atoms with Crippen molar-refractivity contribution in [3.63, 3.8) is 0 Å². The van der Waals surface area contributed by atoms with E-state index in [0.717, 1.165) is 11.5 Å². The predicted molar refractivity (Wildman–Crippen MR) is 72.4 cm³/mol. The van der Waals surface area contributed by atoms with Gasteiger partial charge in [0.2, 0.25) is 5.91 Å². The Balaban J connectivity index is 2.44. The second kappa shape index (κ2) is 6.05. The van der Waals surface area contributed by atoms with Crippen molar-refractivity contribution in [2.75, 3.05) is 6.54 Å². The minimum absolute atomic E-state index is 0.0450. The Morgan fingerprint density at radius 2 is 2.17 bits per heavy atom. The van der Waals surface area contributed by atoms with Gasteiger partial charge in [0.05, 0.1) is 0 Å². The summed E-state index contributed by atoms with van der Waals surface area (Å²) in [6.45, 7) is 8.50. The number of carbonyl (C=O) groups excluding carboxylic acids is 1. The van der Waals surface area contributed by atoms with Gasteiger partial charge in [-0.15, -0.1) is 0 Å². The monoisotopic (exact) mass is 252 g/mol. The molecule has 1 atom stereocenters. The second-order valence-corrected chi connectivity index (χ2v) is 5.59. The summed E-state index contributed by atoms with van der Waals surface area (Å²) in [6.07, 6.45) is 1.19. The van der Waals surface area contributed by atoms with Gasteiger partial charge in [-0.05, 0) is 32.4 Å². The number of rotatable bonds is 6. The number of aryl methyl sites for hydroxylation is 1. The Labute approximate surface area is 109 Å². The average Bonchev–Trinajstić information content (AvgIpc) is 2.71. The third kappa shape index (κ3) is 4.53. The molecule has 3 N–H and O–H groups in total. The van der Waals surface area contributed by atoms with Crippen LogP contribution in [0.3, 0.4) is 0 Å². The molecule has 1 unspecified atom stereocenters. The molecule has 0 aliphatic heterocycles. The van der Waals surface area contributed by atoms with Crippen LogP contribution < -0.4 is 11.1 Å². The lowest BCUT2D eigenvalue weighted by molar-refractivity contribution is -0.121. The maximum Gasteiger partial charge on any atom is 0.220 e. The zero-order valence-electron chi connectivity index (χ0n) is 11.7. The molecule has 1 aromatic rings. The molecular weight excluding hydrogens is 228 g/mol. The van der Waals surface area contributed by atoms with Gasteiger partial charge in [0.15, 0.2) is 0 Å². The summed E-state index contributed by atoms with van der Waals surface area (Å²) in [7, 11) is 0. The number of hydrogen-bond donors (Lipinski definition) is 2. The summed E-state index contributed by atoms with van der Waals surface area (Å²) in [4.78, 5) is 11.6. The van der Waals surface area contributed by atoms with E-state index in [2.05, 4.69) is 19.2 Å². The molecule has 0 fully saturated rings. The zero-order valence-corrected chi connectivity index (χ0v) is 11.7. The van der Waals surface area contributed by atoms with Crippen LogP contribution in [0, 0.1) is 6.92 Å². The van der Waals surface area contributed by atoms with E-state index in [0.29, 0.717) is 19.4 Å². The summed E-state index contributed by atoms with van der Waals surface area (Å²) >= 11 is 0. The molecule has 4 nitrogen and oxygen atoms in total. The zero-order chi connectivity index (χ0) is 13.8. The molecular formula is C14H24N2O2. The molecule has 1 rings (SSSR count).